The summed E-state index contributed by atoms with van der Waals surface area (Å²) in [7, 11) is 3.22. The van der Waals surface area contributed by atoms with E-state index in [-0.39, 0.29) is 6.03 Å². The van der Waals surface area contributed by atoms with E-state index < -0.39 is 0 Å². The lowest BCUT2D eigenvalue weighted by Crippen LogP contribution is -2.38. The molecule has 0 atom stereocenters. The fourth-order valence-electron chi connectivity index (χ4n) is 2.89. The van der Waals surface area contributed by atoms with Gasteiger partial charge in [-0.05, 0) is 53.9 Å². The van der Waals surface area contributed by atoms with Crippen LogP contribution < -0.4 is 14.8 Å². The largest absolute Gasteiger partial charge is 0.493 e. The van der Waals surface area contributed by atoms with Gasteiger partial charge in [0.1, 0.15) is 0 Å². The number of nitriles is 1. The number of fused-ring (bicyclic) bond motifs is 1. The molecule has 2 aromatic rings. The molecule has 0 unspecified atom stereocenters. The Hall–Kier alpha value is -3.20. The Morgan fingerprint density at radius 1 is 1.12 bits per heavy atom. The van der Waals surface area contributed by atoms with Crippen LogP contribution in [0.25, 0.3) is 0 Å². The predicted molar refractivity (Wildman–Crippen MR) is 93.8 cm³/mol. The maximum Gasteiger partial charge on any atom is 0.322 e. The topological polar surface area (TPSA) is 74.6 Å². The monoisotopic (exact) mass is 337 g/mol. The number of rotatable bonds is 3. The average molecular weight is 337 g/mol. The molecule has 1 aliphatic heterocycles. The first-order valence-corrected chi connectivity index (χ1v) is 7.94. The molecule has 0 aromatic heterocycles. The number of nitrogens with zero attached hydrogens (tertiary/aromatic N) is 2. The number of carbonyl (C=O) groups excluding carboxylic acids is 1. The van der Waals surface area contributed by atoms with Gasteiger partial charge in [0.25, 0.3) is 0 Å². The number of anilines is 1. The fraction of sp³-hybridized carbons (Fsp3) is 0.263. The van der Waals surface area contributed by atoms with E-state index in [2.05, 4.69) is 11.4 Å². The summed E-state index contributed by atoms with van der Waals surface area (Å²) in [5, 5.41) is 11.7. The van der Waals surface area contributed by atoms with Gasteiger partial charge in [-0.2, -0.15) is 5.26 Å². The summed E-state index contributed by atoms with van der Waals surface area (Å²) in [6.07, 6.45) is 0.760. The molecule has 2 amide bonds. The van der Waals surface area contributed by atoms with Gasteiger partial charge in [-0.1, -0.05) is 0 Å². The molecule has 25 heavy (non-hydrogen) atoms. The molecule has 0 aliphatic carbocycles. The molecule has 6 heteroatoms. The highest BCUT2D eigenvalue weighted by Crippen LogP contribution is 2.33. The van der Waals surface area contributed by atoms with Crippen LogP contribution in [0.5, 0.6) is 11.5 Å². The minimum Gasteiger partial charge on any atom is -0.493 e. The number of methoxy groups -OCH3 is 2. The van der Waals surface area contributed by atoms with Gasteiger partial charge in [-0.15, -0.1) is 0 Å². The number of benzene rings is 2. The predicted octanol–water partition coefficient (Wildman–Crippen LogP) is 3.17. The molecule has 3 rings (SSSR count). The molecule has 0 bridgehead atoms. The second-order valence-corrected chi connectivity index (χ2v) is 5.77. The summed E-state index contributed by atoms with van der Waals surface area (Å²) < 4.78 is 10.7. The van der Waals surface area contributed by atoms with Crippen molar-refractivity contribution < 1.29 is 14.3 Å². The SMILES string of the molecule is COc1cc2c(cc1OC)CN(C(=O)Nc1ccc(C#N)cc1)CC2. The lowest BCUT2D eigenvalue weighted by molar-refractivity contribution is 0.206. The second-order valence-electron chi connectivity index (χ2n) is 5.77. The van der Waals surface area contributed by atoms with Gasteiger partial charge in [0.05, 0.1) is 25.9 Å². The summed E-state index contributed by atoms with van der Waals surface area (Å²) in [5.74, 6) is 1.37. The molecule has 0 radical (unpaired) electrons. The fourth-order valence-corrected chi connectivity index (χ4v) is 2.89. The molecule has 0 saturated carbocycles. The van der Waals surface area contributed by atoms with Gasteiger partial charge in [-0.3, -0.25) is 0 Å². The standard InChI is InChI=1S/C19H19N3O3/c1-24-17-9-14-7-8-22(12-15(14)10-18(17)25-2)19(23)21-16-5-3-13(11-20)4-6-16/h3-6,9-10H,7-8,12H2,1-2H3,(H,21,23). The Morgan fingerprint density at radius 2 is 1.76 bits per heavy atom. The van der Waals surface area contributed by atoms with E-state index in [0.717, 1.165) is 12.0 Å². The lowest BCUT2D eigenvalue weighted by atomic mass is 9.99. The van der Waals surface area contributed by atoms with Crippen LogP contribution in [0.2, 0.25) is 0 Å². The van der Waals surface area contributed by atoms with E-state index in [1.54, 1.807) is 43.4 Å². The number of hydrogen-bond donors (Lipinski definition) is 1. The van der Waals surface area contributed by atoms with Gasteiger partial charge in [0.2, 0.25) is 0 Å². The third kappa shape index (κ3) is 3.50. The van der Waals surface area contributed by atoms with Crippen molar-refractivity contribution in [2.45, 2.75) is 13.0 Å². The average Bonchev–Trinajstić information content (AvgIpc) is 2.66. The second kappa shape index (κ2) is 7.14. The van der Waals surface area contributed by atoms with Crippen molar-refractivity contribution in [3.05, 3.63) is 53.1 Å². The van der Waals surface area contributed by atoms with Crippen molar-refractivity contribution in [3.8, 4) is 17.6 Å². The minimum absolute atomic E-state index is 0.162. The zero-order valence-corrected chi connectivity index (χ0v) is 14.2. The Labute approximate surface area is 146 Å². The van der Waals surface area contributed by atoms with Crippen LogP contribution in [0.4, 0.5) is 10.5 Å². The van der Waals surface area contributed by atoms with Gasteiger partial charge in [0, 0.05) is 18.8 Å². The summed E-state index contributed by atoms with van der Waals surface area (Å²) in [6.45, 7) is 1.14. The highest BCUT2D eigenvalue weighted by atomic mass is 16.5. The van der Waals surface area contributed by atoms with Crippen molar-refractivity contribution in [2.24, 2.45) is 0 Å². The number of ether oxygens (including phenoxy) is 2. The lowest BCUT2D eigenvalue weighted by Gasteiger charge is -2.29. The first-order valence-electron chi connectivity index (χ1n) is 7.94. The van der Waals surface area contributed by atoms with E-state index in [1.807, 2.05) is 12.1 Å². The summed E-state index contributed by atoms with van der Waals surface area (Å²) in [4.78, 5) is 14.3. The van der Waals surface area contributed by atoms with Gasteiger partial charge in [0.15, 0.2) is 11.5 Å². The highest BCUT2D eigenvalue weighted by molar-refractivity contribution is 5.89. The zero-order chi connectivity index (χ0) is 17.8. The smallest absolute Gasteiger partial charge is 0.322 e. The minimum atomic E-state index is -0.162. The number of carbonyl (C=O) groups is 1. The Morgan fingerprint density at radius 3 is 2.36 bits per heavy atom. The molecule has 128 valence electrons. The number of amides is 2. The zero-order valence-electron chi connectivity index (χ0n) is 14.2. The molecule has 1 N–H and O–H groups in total. The van der Waals surface area contributed by atoms with Crippen molar-refractivity contribution in [3.63, 3.8) is 0 Å². The molecular weight excluding hydrogens is 318 g/mol. The van der Waals surface area contributed by atoms with Crippen molar-refractivity contribution in [1.29, 1.82) is 5.26 Å². The van der Waals surface area contributed by atoms with E-state index in [4.69, 9.17) is 14.7 Å². The van der Waals surface area contributed by atoms with Gasteiger partial charge < -0.3 is 19.7 Å². The molecule has 6 nitrogen and oxygen atoms in total. The van der Waals surface area contributed by atoms with Crippen LogP contribution in [-0.4, -0.2) is 31.7 Å². The molecule has 0 saturated heterocycles. The van der Waals surface area contributed by atoms with Gasteiger partial charge >= 0.3 is 6.03 Å². The van der Waals surface area contributed by atoms with Crippen molar-refractivity contribution >= 4 is 11.7 Å². The summed E-state index contributed by atoms with van der Waals surface area (Å²) in [6, 6.07) is 12.6. The molecule has 2 aromatic carbocycles. The van der Waals surface area contributed by atoms with E-state index in [9.17, 15) is 4.79 Å². The van der Waals surface area contributed by atoms with Gasteiger partial charge in [-0.25, -0.2) is 4.79 Å². The van der Waals surface area contributed by atoms with E-state index in [0.29, 0.717) is 35.8 Å². The van der Waals surface area contributed by atoms with Crippen molar-refractivity contribution in [1.82, 2.24) is 4.90 Å². The van der Waals surface area contributed by atoms with Crippen LogP contribution in [0.3, 0.4) is 0 Å². The van der Waals surface area contributed by atoms with Crippen LogP contribution in [0.1, 0.15) is 16.7 Å². The number of urea groups is 1. The number of nitrogens with one attached hydrogen (secondary N) is 1. The van der Waals surface area contributed by atoms with Crippen molar-refractivity contribution in [2.75, 3.05) is 26.1 Å². The van der Waals surface area contributed by atoms with Crippen LogP contribution in [-0.2, 0) is 13.0 Å². The molecule has 0 spiro atoms. The first-order chi connectivity index (χ1) is 12.1. The third-order valence-electron chi connectivity index (χ3n) is 4.27. The normalized spacial score (nSPS) is 12.8. The molecule has 1 aliphatic rings. The van der Waals surface area contributed by atoms with E-state index in [1.165, 1.54) is 5.56 Å². The summed E-state index contributed by atoms with van der Waals surface area (Å²) >= 11 is 0. The van der Waals surface area contributed by atoms with Crippen LogP contribution >= 0.6 is 0 Å². The molecule has 0 fully saturated rings. The summed E-state index contributed by atoms with van der Waals surface area (Å²) in [5.41, 5.74) is 3.45. The molecule has 1 heterocycles. The Kier molecular flexibility index (Phi) is 4.75. The van der Waals surface area contributed by atoms with E-state index >= 15 is 0 Å². The maximum absolute atomic E-state index is 12.5. The third-order valence-corrected chi connectivity index (χ3v) is 4.27. The Balaban J connectivity index is 1.73. The highest BCUT2D eigenvalue weighted by Gasteiger charge is 2.22. The van der Waals surface area contributed by atoms with Crippen LogP contribution in [0.15, 0.2) is 36.4 Å². The maximum atomic E-state index is 12.5. The Bertz CT molecular complexity index is 825. The number of hydrogen-bond acceptors (Lipinski definition) is 4. The quantitative estimate of drug-likeness (QED) is 0.933. The van der Waals surface area contributed by atoms with Crippen LogP contribution in [0, 0.1) is 11.3 Å². The first kappa shape index (κ1) is 16.7. The molecular formula is C19H19N3O3.